The van der Waals surface area contributed by atoms with E-state index in [0.29, 0.717) is 34.3 Å². The number of aromatic nitrogens is 1. The minimum atomic E-state index is -4.58. The van der Waals surface area contributed by atoms with Crippen molar-refractivity contribution in [1.29, 1.82) is 0 Å². The second-order valence-electron chi connectivity index (χ2n) is 9.15. The van der Waals surface area contributed by atoms with E-state index < -0.39 is 52.3 Å². The molecule has 0 spiro atoms. The molecule has 0 aliphatic carbocycles. The molecule has 40 heavy (non-hydrogen) atoms. The number of benzene rings is 2. The highest BCUT2D eigenvalue weighted by atomic mass is 32.1. The zero-order chi connectivity index (χ0) is 29.2. The highest BCUT2D eigenvalue weighted by Crippen LogP contribution is 2.37. The predicted octanol–water partition coefficient (Wildman–Crippen LogP) is 5.09. The third-order valence-electron chi connectivity index (χ3n) is 6.18. The van der Waals surface area contributed by atoms with Crippen LogP contribution in [0, 0.1) is 23.5 Å². The molecule has 13 heteroatoms. The van der Waals surface area contributed by atoms with Crippen LogP contribution in [-0.4, -0.2) is 53.8 Å². The molecule has 1 fully saturated rings. The average molecular weight is 577 g/mol. The normalized spacial score (nSPS) is 17.5. The van der Waals surface area contributed by atoms with Gasteiger partial charge in [-0.05, 0) is 31.2 Å². The summed E-state index contributed by atoms with van der Waals surface area (Å²) in [5.74, 6) is 1.96. The van der Waals surface area contributed by atoms with E-state index in [1.807, 2.05) is 0 Å². The summed E-state index contributed by atoms with van der Waals surface area (Å²) in [5, 5.41) is 0.00168. The second kappa shape index (κ2) is 11.1. The van der Waals surface area contributed by atoms with Crippen LogP contribution in [0.3, 0.4) is 0 Å². The summed E-state index contributed by atoms with van der Waals surface area (Å²) in [6.07, 6.45) is -4.10. The Morgan fingerprint density at radius 1 is 1.10 bits per heavy atom. The maximum absolute atomic E-state index is 15.2. The molecule has 3 aromatic rings. The van der Waals surface area contributed by atoms with Gasteiger partial charge in [-0.15, -0.1) is 0 Å². The molecule has 1 aliphatic rings. The maximum Gasteiger partial charge on any atom is 0.427 e. The SMILES string of the molecule is CN(CCN1C(=O)N(c2c(F)cc(C#Cc3ccccc3)cc2F)C(=O)CC1(C)C=O)c1ncc(C(F)(F)F)s1. The molecule has 0 saturated carbocycles. The Balaban J connectivity index is 1.59. The summed E-state index contributed by atoms with van der Waals surface area (Å²) < 4.78 is 69.1. The largest absolute Gasteiger partial charge is 0.427 e. The summed E-state index contributed by atoms with van der Waals surface area (Å²) in [5.41, 5.74) is -1.99. The molecule has 1 aromatic heterocycles. The van der Waals surface area contributed by atoms with E-state index in [0.717, 1.165) is 17.0 Å². The Morgan fingerprint density at radius 3 is 2.30 bits per heavy atom. The van der Waals surface area contributed by atoms with Gasteiger partial charge in [0.05, 0.1) is 12.6 Å². The number of imide groups is 1. The molecule has 1 atom stereocenters. The van der Waals surface area contributed by atoms with Gasteiger partial charge >= 0.3 is 12.2 Å². The summed E-state index contributed by atoms with van der Waals surface area (Å²) in [7, 11) is 1.43. The number of anilines is 2. The fraction of sp³-hybridized carbons (Fsp3) is 0.259. The first kappa shape index (κ1) is 28.7. The van der Waals surface area contributed by atoms with Crippen molar-refractivity contribution in [2.45, 2.75) is 25.1 Å². The van der Waals surface area contributed by atoms with E-state index in [-0.39, 0.29) is 23.8 Å². The number of rotatable bonds is 6. The molecule has 0 radical (unpaired) electrons. The van der Waals surface area contributed by atoms with Gasteiger partial charge in [-0.1, -0.05) is 41.4 Å². The molecule has 7 nitrogen and oxygen atoms in total. The number of likely N-dealkylation sites (N-methyl/N-ethyl adjacent to an activating group) is 1. The minimum Gasteiger partial charge on any atom is -0.349 e. The number of halogens is 5. The molecule has 1 saturated heterocycles. The lowest BCUT2D eigenvalue weighted by Gasteiger charge is -2.44. The average Bonchev–Trinajstić information content (AvgIpc) is 3.41. The number of alkyl halides is 3. The number of aldehydes is 1. The van der Waals surface area contributed by atoms with E-state index >= 15 is 8.78 Å². The number of carbonyl (C=O) groups excluding carboxylic acids is 3. The van der Waals surface area contributed by atoms with E-state index in [2.05, 4.69) is 16.8 Å². The Labute approximate surface area is 229 Å². The van der Waals surface area contributed by atoms with Crippen molar-refractivity contribution in [1.82, 2.24) is 9.88 Å². The molecule has 4 rings (SSSR count). The first-order valence-electron chi connectivity index (χ1n) is 11.8. The quantitative estimate of drug-likeness (QED) is 0.232. The maximum atomic E-state index is 15.2. The van der Waals surface area contributed by atoms with Gasteiger partial charge in [-0.2, -0.15) is 13.2 Å². The molecule has 2 heterocycles. The number of amides is 3. The zero-order valence-corrected chi connectivity index (χ0v) is 21.9. The van der Waals surface area contributed by atoms with Crippen molar-refractivity contribution >= 4 is 40.4 Å². The fourth-order valence-electron chi connectivity index (χ4n) is 4.04. The highest BCUT2D eigenvalue weighted by Gasteiger charge is 2.48. The van der Waals surface area contributed by atoms with Crippen molar-refractivity contribution in [3.63, 3.8) is 0 Å². The van der Waals surface area contributed by atoms with Crippen LogP contribution in [-0.2, 0) is 15.8 Å². The summed E-state index contributed by atoms with van der Waals surface area (Å²) in [4.78, 5) is 43.7. The molecule has 1 unspecified atom stereocenters. The number of urea groups is 1. The summed E-state index contributed by atoms with van der Waals surface area (Å²) in [6.45, 7) is 0.952. The van der Waals surface area contributed by atoms with Crippen LogP contribution >= 0.6 is 11.3 Å². The zero-order valence-electron chi connectivity index (χ0n) is 21.1. The van der Waals surface area contributed by atoms with Crippen LogP contribution in [0.4, 0.5) is 37.6 Å². The van der Waals surface area contributed by atoms with Crippen LogP contribution in [0.5, 0.6) is 0 Å². The smallest absolute Gasteiger partial charge is 0.349 e. The lowest BCUT2D eigenvalue weighted by molar-refractivity contribution is -0.134. The molecule has 1 aliphatic heterocycles. The van der Waals surface area contributed by atoms with Gasteiger partial charge in [0.2, 0.25) is 5.91 Å². The number of carbonyl (C=O) groups is 3. The summed E-state index contributed by atoms with van der Waals surface area (Å²) in [6, 6.07) is 9.31. The molecular weight excluding hydrogens is 555 g/mol. The topological polar surface area (TPSA) is 73.8 Å². The number of hydrogen-bond donors (Lipinski definition) is 0. The van der Waals surface area contributed by atoms with Gasteiger partial charge in [0.1, 0.15) is 22.4 Å². The van der Waals surface area contributed by atoms with Gasteiger partial charge in [0.15, 0.2) is 16.8 Å². The molecule has 2 aromatic carbocycles. The standard InChI is InChI=1S/C27H21F5N4O3S/c1-26(16-37)14-22(38)36(23-19(28)12-18(13-20(23)29)9-8-17-6-4-3-5-7-17)25(39)35(26)11-10-34(2)24-33-15-21(40-24)27(30,31)32/h3-7,12-13,15-16H,10-11,14H2,1-2H3. The van der Waals surface area contributed by atoms with E-state index in [9.17, 15) is 27.6 Å². The highest BCUT2D eigenvalue weighted by molar-refractivity contribution is 7.15. The number of hydrogen-bond acceptors (Lipinski definition) is 6. The van der Waals surface area contributed by atoms with Crippen molar-refractivity contribution in [3.8, 4) is 11.8 Å². The summed E-state index contributed by atoms with van der Waals surface area (Å²) >= 11 is 0.389. The monoisotopic (exact) mass is 576 g/mol. The van der Waals surface area contributed by atoms with Crippen molar-refractivity contribution in [2.75, 3.05) is 29.9 Å². The molecular formula is C27H21F5N4O3S. The van der Waals surface area contributed by atoms with Crippen LogP contribution in [0.1, 0.15) is 29.3 Å². The first-order chi connectivity index (χ1) is 18.8. The number of thiazole rings is 1. The van der Waals surface area contributed by atoms with Gasteiger partial charge < -0.3 is 14.6 Å². The Kier molecular flexibility index (Phi) is 7.93. The van der Waals surface area contributed by atoms with Gasteiger partial charge in [0.25, 0.3) is 0 Å². The van der Waals surface area contributed by atoms with Crippen LogP contribution in [0.15, 0.2) is 48.7 Å². The lowest BCUT2D eigenvalue weighted by atomic mass is 9.93. The van der Waals surface area contributed by atoms with Crippen molar-refractivity contribution < 1.29 is 36.3 Å². The van der Waals surface area contributed by atoms with Crippen molar-refractivity contribution in [2.24, 2.45) is 0 Å². The molecule has 208 valence electrons. The van der Waals surface area contributed by atoms with E-state index in [1.54, 1.807) is 30.3 Å². The third-order valence-corrected chi connectivity index (χ3v) is 7.33. The van der Waals surface area contributed by atoms with Gasteiger partial charge in [-0.25, -0.2) is 23.5 Å². The van der Waals surface area contributed by atoms with E-state index in [4.69, 9.17) is 0 Å². The van der Waals surface area contributed by atoms with Crippen LogP contribution in [0.2, 0.25) is 0 Å². The first-order valence-corrected chi connectivity index (χ1v) is 12.6. The van der Waals surface area contributed by atoms with Crippen LogP contribution < -0.4 is 9.80 Å². The molecule has 3 amide bonds. The Morgan fingerprint density at radius 2 is 1.73 bits per heavy atom. The lowest BCUT2D eigenvalue weighted by Crippen LogP contribution is -2.65. The number of nitrogens with zero attached hydrogens (tertiary/aromatic N) is 4. The molecule has 0 bridgehead atoms. The van der Waals surface area contributed by atoms with Crippen LogP contribution in [0.25, 0.3) is 0 Å². The fourth-order valence-corrected chi connectivity index (χ4v) is 4.81. The second-order valence-corrected chi connectivity index (χ2v) is 10.2. The van der Waals surface area contributed by atoms with Crippen molar-refractivity contribution in [3.05, 3.63) is 76.3 Å². The predicted molar refractivity (Wildman–Crippen MR) is 138 cm³/mol. The Hall–Kier alpha value is -4.31. The van der Waals surface area contributed by atoms with E-state index in [1.165, 1.54) is 18.9 Å². The minimum absolute atomic E-state index is 0.00168. The third kappa shape index (κ3) is 5.81. The van der Waals surface area contributed by atoms with Gasteiger partial charge in [0, 0.05) is 31.3 Å². The Bertz CT molecular complexity index is 1490. The van der Waals surface area contributed by atoms with Gasteiger partial charge in [-0.3, -0.25) is 4.79 Å². The molecule has 0 N–H and O–H groups in total.